The molecule has 2 aromatic rings. The van der Waals surface area contributed by atoms with Crippen molar-refractivity contribution in [2.45, 2.75) is 31.2 Å². The zero-order valence-electron chi connectivity index (χ0n) is 14.6. The van der Waals surface area contributed by atoms with Gasteiger partial charge in [-0.3, -0.25) is 0 Å². The molecular formula is C19H22N6O. The van der Waals surface area contributed by atoms with Gasteiger partial charge in [-0.2, -0.15) is 5.26 Å². The van der Waals surface area contributed by atoms with Crippen molar-refractivity contribution < 1.29 is 4.74 Å². The van der Waals surface area contributed by atoms with Crippen LogP contribution in [0, 0.1) is 11.3 Å². The fraction of sp³-hybridized carbons (Fsp3) is 0.474. The van der Waals surface area contributed by atoms with Gasteiger partial charge in [0.15, 0.2) is 0 Å². The van der Waals surface area contributed by atoms with Gasteiger partial charge in [0.25, 0.3) is 0 Å². The van der Waals surface area contributed by atoms with Crippen molar-refractivity contribution in [3.05, 3.63) is 41.9 Å². The van der Waals surface area contributed by atoms with Crippen LogP contribution in [-0.4, -0.2) is 47.3 Å². The smallest absolute Gasteiger partial charge is 0.225 e. The van der Waals surface area contributed by atoms with E-state index < -0.39 is 0 Å². The molecule has 2 saturated heterocycles. The van der Waals surface area contributed by atoms with Crippen LogP contribution in [0.5, 0.6) is 0 Å². The van der Waals surface area contributed by atoms with Gasteiger partial charge in [0.2, 0.25) is 5.95 Å². The fourth-order valence-corrected chi connectivity index (χ4v) is 3.58. The maximum absolute atomic E-state index is 8.97. The summed E-state index contributed by atoms with van der Waals surface area (Å²) in [4.78, 5) is 15.8. The Morgan fingerprint density at radius 3 is 2.88 bits per heavy atom. The second-order valence-corrected chi connectivity index (χ2v) is 6.76. The maximum Gasteiger partial charge on any atom is 0.225 e. The van der Waals surface area contributed by atoms with Crippen LogP contribution in [0.3, 0.4) is 0 Å². The van der Waals surface area contributed by atoms with Crippen LogP contribution in [0.4, 0.5) is 11.8 Å². The molecule has 26 heavy (non-hydrogen) atoms. The predicted octanol–water partition coefficient (Wildman–Crippen LogP) is 2.33. The second kappa shape index (κ2) is 7.67. The van der Waals surface area contributed by atoms with Crippen molar-refractivity contribution in [1.29, 1.82) is 5.26 Å². The van der Waals surface area contributed by atoms with E-state index in [0.717, 1.165) is 63.0 Å². The number of hydrogen-bond acceptors (Lipinski definition) is 7. The van der Waals surface area contributed by atoms with Gasteiger partial charge < -0.3 is 15.0 Å². The van der Waals surface area contributed by atoms with E-state index in [9.17, 15) is 0 Å². The summed E-state index contributed by atoms with van der Waals surface area (Å²) in [5, 5.41) is 12.4. The number of rotatable bonds is 4. The van der Waals surface area contributed by atoms with Crippen molar-refractivity contribution in [3.63, 3.8) is 0 Å². The molecule has 0 aromatic carbocycles. The fourth-order valence-electron chi connectivity index (χ4n) is 3.58. The van der Waals surface area contributed by atoms with Gasteiger partial charge >= 0.3 is 0 Å². The largest absolute Gasteiger partial charge is 0.381 e. The number of nitriles is 1. The van der Waals surface area contributed by atoms with E-state index in [1.165, 1.54) is 0 Å². The van der Waals surface area contributed by atoms with E-state index in [1.54, 1.807) is 6.07 Å². The van der Waals surface area contributed by atoms with Crippen molar-refractivity contribution >= 4 is 11.8 Å². The Morgan fingerprint density at radius 1 is 1.15 bits per heavy atom. The summed E-state index contributed by atoms with van der Waals surface area (Å²) >= 11 is 0. The summed E-state index contributed by atoms with van der Waals surface area (Å²) in [6, 6.07) is 9.83. The number of pyridine rings is 1. The highest BCUT2D eigenvalue weighted by molar-refractivity contribution is 5.42. The SMILES string of the molecule is N#Cc1cccc(NC2CCN(c3nccc(C4CCOCC4)n3)C2)n1. The standard InChI is InChI=1S/C19H22N6O/c20-12-15-2-1-3-18(22-15)23-16-5-9-25(13-16)19-21-8-4-17(24-19)14-6-10-26-11-7-14/h1-4,8,14,16H,5-7,9-11,13H2,(H,22,23). The normalized spacial score (nSPS) is 20.7. The molecule has 7 nitrogen and oxygen atoms in total. The predicted molar refractivity (Wildman–Crippen MR) is 98.0 cm³/mol. The Balaban J connectivity index is 1.41. The van der Waals surface area contributed by atoms with Crippen molar-refractivity contribution in [1.82, 2.24) is 15.0 Å². The lowest BCUT2D eigenvalue weighted by atomic mass is 9.96. The van der Waals surface area contributed by atoms with Crippen LogP contribution in [0.2, 0.25) is 0 Å². The second-order valence-electron chi connectivity index (χ2n) is 6.76. The van der Waals surface area contributed by atoms with Gasteiger partial charge in [-0.15, -0.1) is 0 Å². The molecule has 0 spiro atoms. The summed E-state index contributed by atoms with van der Waals surface area (Å²) in [6.45, 7) is 3.37. The van der Waals surface area contributed by atoms with E-state index in [1.807, 2.05) is 24.4 Å². The molecule has 1 atom stereocenters. The van der Waals surface area contributed by atoms with Crippen LogP contribution in [0.15, 0.2) is 30.5 Å². The van der Waals surface area contributed by atoms with Gasteiger partial charge in [-0.05, 0) is 37.5 Å². The van der Waals surface area contributed by atoms with Crippen molar-refractivity contribution in [2.75, 3.05) is 36.5 Å². The minimum Gasteiger partial charge on any atom is -0.381 e. The molecule has 0 radical (unpaired) electrons. The molecule has 7 heteroatoms. The van der Waals surface area contributed by atoms with Crippen molar-refractivity contribution in [2.24, 2.45) is 0 Å². The summed E-state index contributed by atoms with van der Waals surface area (Å²) in [5.74, 6) is 2.02. The molecule has 2 aliphatic heterocycles. The molecule has 0 aliphatic carbocycles. The lowest BCUT2D eigenvalue weighted by Gasteiger charge is -2.23. The van der Waals surface area contributed by atoms with Crippen LogP contribution < -0.4 is 10.2 Å². The number of hydrogen-bond donors (Lipinski definition) is 1. The highest BCUT2D eigenvalue weighted by Gasteiger charge is 2.26. The lowest BCUT2D eigenvalue weighted by Crippen LogP contribution is -2.28. The lowest BCUT2D eigenvalue weighted by molar-refractivity contribution is 0.0845. The maximum atomic E-state index is 8.97. The first kappa shape index (κ1) is 16.7. The molecule has 1 N–H and O–H groups in total. The van der Waals surface area contributed by atoms with Gasteiger partial charge in [-0.1, -0.05) is 6.07 Å². The van der Waals surface area contributed by atoms with E-state index in [0.29, 0.717) is 11.6 Å². The summed E-state index contributed by atoms with van der Waals surface area (Å²) < 4.78 is 5.45. The zero-order valence-corrected chi connectivity index (χ0v) is 14.6. The first-order valence-corrected chi connectivity index (χ1v) is 9.11. The van der Waals surface area contributed by atoms with E-state index in [2.05, 4.69) is 26.3 Å². The third-order valence-electron chi connectivity index (χ3n) is 4.99. The summed E-state index contributed by atoms with van der Waals surface area (Å²) in [5.41, 5.74) is 1.55. The van der Waals surface area contributed by atoms with Crippen LogP contribution in [0.25, 0.3) is 0 Å². The topological polar surface area (TPSA) is 87.0 Å². The molecule has 0 saturated carbocycles. The third kappa shape index (κ3) is 3.75. The highest BCUT2D eigenvalue weighted by Crippen LogP contribution is 2.27. The summed E-state index contributed by atoms with van der Waals surface area (Å²) in [6.07, 6.45) is 4.91. The molecule has 0 amide bonds. The van der Waals surface area contributed by atoms with Gasteiger partial charge in [0.05, 0.1) is 0 Å². The molecule has 2 aliphatic rings. The third-order valence-corrected chi connectivity index (χ3v) is 4.99. The van der Waals surface area contributed by atoms with Crippen LogP contribution >= 0.6 is 0 Å². The average Bonchev–Trinajstić information content (AvgIpc) is 3.17. The number of ether oxygens (including phenoxy) is 1. The van der Waals surface area contributed by atoms with Crippen LogP contribution in [0.1, 0.15) is 36.6 Å². The minimum absolute atomic E-state index is 0.270. The van der Waals surface area contributed by atoms with E-state index in [-0.39, 0.29) is 6.04 Å². The Hall–Kier alpha value is -2.72. The number of nitrogens with one attached hydrogen (secondary N) is 1. The first-order valence-electron chi connectivity index (χ1n) is 9.11. The van der Waals surface area contributed by atoms with Gasteiger partial charge in [0.1, 0.15) is 17.6 Å². The molecular weight excluding hydrogens is 328 g/mol. The van der Waals surface area contributed by atoms with Gasteiger partial charge in [-0.25, -0.2) is 15.0 Å². The summed E-state index contributed by atoms with van der Waals surface area (Å²) in [7, 11) is 0. The monoisotopic (exact) mass is 350 g/mol. The average molecular weight is 350 g/mol. The number of anilines is 2. The minimum atomic E-state index is 0.270. The Bertz CT molecular complexity index is 799. The molecule has 4 rings (SSSR count). The number of nitrogens with zero attached hydrogens (tertiary/aromatic N) is 5. The molecule has 2 aromatic heterocycles. The van der Waals surface area contributed by atoms with E-state index >= 15 is 0 Å². The number of aromatic nitrogens is 3. The quantitative estimate of drug-likeness (QED) is 0.905. The van der Waals surface area contributed by atoms with Gasteiger partial charge in [0, 0.05) is 50.2 Å². The Kier molecular flexibility index (Phi) is 4.93. The van der Waals surface area contributed by atoms with E-state index in [4.69, 9.17) is 15.0 Å². The molecule has 134 valence electrons. The molecule has 4 heterocycles. The molecule has 1 unspecified atom stereocenters. The zero-order chi connectivity index (χ0) is 17.8. The Morgan fingerprint density at radius 2 is 2.04 bits per heavy atom. The Labute approximate surface area is 153 Å². The van der Waals surface area contributed by atoms with Crippen molar-refractivity contribution in [3.8, 4) is 6.07 Å². The molecule has 0 bridgehead atoms. The van der Waals surface area contributed by atoms with Crippen LogP contribution in [-0.2, 0) is 4.74 Å². The highest BCUT2D eigenvalue weighted by atomic mass is 16.5. The molecule has 2 fully saturated rings. The first-order chi connectivity index (χ1) is 12.8.